The fourth-order valence-electron chi connectivity index (χ4n) is 2.47. The molecule has 6 nitrogen and oxygen atoms in total. The average Bonchev–Trinajstić information content (AvgIpc) is 2.68. The molecule has 0 fully saturated rings. The summed E-state index contributed by atoms with van der Waals surface area (Å²) < 4.78 is 2.07. The Bertz CT molecular complexity index is 443. The Morgan fingerprint density at radius 3 is 2.55 bits per heavy atom. The minimum Gasteiger partial charge on any atom is -0.377 e. The van der Waals surface area contributed by atoms with Crippen LogP contribution in [-0.2, 0) is 6.54 Å². The number of nitrogens with zero attached hydrogens (tertiary/aromatic N) is 1. The summed E-state index contributed by atoms with van der Waals surface area (Å²) in [5.41, 5.74) is 9.65. The van der Waals surface area contributed by atoms with Crippen LogP contribution in [-0.4, -0.2) is 27.0 Å². The Hall–Kier alpha value is -1.37. The second kappa shape index (κ2) is 8.04. The lowest BCUT2D eigenvalue weighted by molar-refractivity contribution is -0.00394. The van der Waals surface area contributed by atoms with E-state index >= 15 is 0 Å². The summed E-state index contributed by atoms with van der Waals surface area (Å²) in [6, 6.07) is 0. The number of primary amides is 1. The third-order valence-electron chi connectivity index (χ3n) is 3.56. The van der Waals surface area contributed by atoms with Crippen molar-refractivity contribution in [1.29, 1.82) is 0 Å². The van der Waals surface area contributed by atoms with Crippen LogP contribution in [0.4, 0.5) is 0 Å². The number of rotatable bonds is 9. The Kier molecular flexibility index (Phi) is 6.70. The monoisotopic (exact) mass is 283 g/mol. The zero-order chi connectivity index (χ0) is 15.1. The van der Waals surface area contributed by atoms with Crippen LogP contribution in [0.5, 0.6) is 0 Å². The van der Waals surface area contributed by atoms with Crippen molar-refractivity contribution in [2.45, 2.75) is 58.7 Å². The van der Waals surface area contributed by atoms with Crippen molar-refractivity contribution >= 4 is 5.91 Å². The number of aromatic nitrogens is 1. The largest absolute Gasteiger partial charge is 0.377 e. The molecule has 1 heterocycles. The summed E-state index contributed by atoms with van der Waals surface area (Å²) in [6.07, 6.45) is 5.60. The van der Waals surface area contributed by atoms with Gasteiger partial charge >= 0.3 is 0 Å². The van der Waals surface area contributed by atoms with E-state index in [1.54, 1.807) is 0 Å². The molecule has 0 aliphatic rings. The zero-order valence-corrected chi connectivity index (χ0v) is 12.2. The predicted molar refractivity (Wildman–Crippen MR) is 76.4 cm³/mol. The van der Waals surface area contributed by atoms with Crippen LogP contribution in [0.15, 0.2) is 6.20 Å². The molecule has 1 amide bonds. The van der Waals surface area contributed by atoms with Gasteiger partial charge in [-0.15, -0.1) is 0 Å². The van der Waals surface area contributed by atoms with Gasteiger partial charge in [0.25, 0.3) is 5.91 Å². The Morgan fingerprint density at radius 1 is 1.35 bits per heavy atom. The molecule has 20 heavy (non-hydrogen) atoms. The van der Waals surface area contributed by atoms with Gasteiger partial charge in [-0.25, -0.2) is 0 Å². The molecule has 0 spiro atoms. The number of carbonyl (C=O) groups is 1. The molecule has 0 saturated carbocycles. The molecular formula is C14H25N3O3. The lowest BCUT2D eigenvalue weighted by Crippen LogP contribution is -2.24. The number of hydrogen-bond acceptors (Lipinski definition) is 4. The normalized spacial score (nSPS) is 12.6. The number of aryl methyl sites for hydroxylation is 2. The Labute approximate surface area is 119 Å². The van der Waals surface area contributed by atoms with E-state index in [2.05, 4.69) is 4.57 Å². The molecule has 1 aromatic heterocycles. The van der Waals surface area contributed by atoms with Gasteiger partial charge in [-0.3, -0.25) is 4.79 Å². The zero-order valence-electron chi connectivity index (χ0n) is 12.2. The number of aliphatic hydroxyl groups is 1. The van der Waals surface area contributed by atoms with Crippen LogP contribution in [0.3, 0.4) is 0 Å². The van der Waals surface area contributed by atoms with Crippen molar-refractivity contribution in [3.05, 3.63) is 23.0 Å². The minimum absolute atomic E-state index is 0.371. The molecule has 0 aromatic carbocycles. The Balaban J connectivity index is 2.33. The summed E-state index contributed by atoms with van der Waals surface area (Å²) in [6.45, 7) is 4.67. The average molecular weight is 283 g/mol. The first-order chi connectivity index (χ1) is 9.47. The van der Waals surface area contributed by atoms with E-state index in [1.807, 2.05) is 25.5 Å². The van der Waals surface area contributed by atoms with Gasteiger partial charge in [0, 0.05) is 18.4 Å². The number of hydrogen-bond donors (Lipinski definition) is 4. The molecule has 0 aliphatic heterocycles. The van der Waals surface area contributed by atoms with Gasteiger partial charge < -0.3 is 20.6 Å². The SMILES string of the molecule is Cc1cn(CCCCCCC(O)NO)c(C)c1C(N)=O. The number of hydroxylamine groups is 1. The van der Waals surface area contributed by atoms with Gasteiger partial charge in [0.1, 0.15) is 6.23 Å². The maximum Gasteiger partial charge on any atom is 0.250 e. The third kappa shape index (κ3) is 4.63. The second-order valence-corrected chi connectivity index (χ2v) is 5.18. The van der Waals surface area contributed by atoms with E-state index in [0.717, 1.165) is 43.5 Å². The highest BCUT2D eigenvalue weighted by Crippen LogP contribution is 2.17. The molecule has 0 saturated heterocycles. The highest BCUT2D eigenvalue weighted by Gasteiger charge is 2.13. The van der Waals surface area contributed by atoms with Crippen molar-refractivity contribution in [2.75, 3.05) is 0 Å². The molecule has 0 aliphatic carbocycles. The molecular weight excluding hydrogens is 258 g/mol. The molecule has 0 radical (unpaired) electrons. The van der Waals surface area contributed by atoms with Crippen LogP contribution in [0.2, 0.25) is 0 Å². The molecule has 1 aromatic rings. The van der Waals surface area contributed by atoms with Gasteiger partial charge in [0.05, 0.1) is 5.56 Å². The van der Waals surface area contributed by atoms with Gasteiger partial charge in [-0.2, -0.15) is 5.48 Å². The molecule has 1 unspecified atom stereocenters. The maximum atomic E-state index is 11.3. The smallest absolute Gasteiger partial charge is 0.250 e. The van der Waals surface area contributed by atoms with E-state index in [4.69, 9.17) is 16.0 Å². The van der Waals surface area contributed by atoms with Gasteiger partial charge in [0.15, 0.2) is 0 Å². The van der Waals surface area contributed by atoms with E-state index < -0.39 is 6.23 Å². The summed E-state index contributed by atoms with van der Waals surface area (Å²) >= 11 is 0. The highest BCUT2D eigenvalue weighted by molar-refractivity contribution is 5.95. The van der Waals surface area contributed by atoms with Crippen molar-refractivity contribution in [1.82, 2.24) is 10.0 Å². The number of carbonyl (C=O) groups excluding carboxylic acids is 1. The number of nitrogens with two attached hydrogens (primary N) is 1. The quantitative estimate of drug-likeness (QED) is 0.313. The Morgan fingerprint density at radius 2 is 2.00 bits per heavy atom. The van der Waals surface area contributed by atoms with Crippen molar-refractivity contribution in [3.8, 4) is 0 Å². The highest BCUT2D eigenvalue weighted by atomic mass is 16.5. The lowest BCUT2D eigenvalue weighted by Gasteiger charge is -2.08. The van der Waals surface area contributed by atoms with Crippen LogP contribution in [0.25, 0.3) is 0 Å². The number of nitrogens with one attached hydrogen (secondary N) is 1. The van der Waals surface area contributed by atoms with Crippen molar-refractivity contribution < 1.29 is 15.1 Å². The van der Waals surface area contributed by atoms with E-state index in [0.29, 0.717) is 12.0 Å². The molecule has 6 heteroatoms. The van der Waals surface area contributed by atoms with E-state index in [-0.39, 0.29) is 5.91 Å². The topological polar surface area (TPSA) is 101 Å². The van der Waals surface area contributed by atoms with Crippen molar-refractivity contribution in [3.63, 3.8) is 0 Å². The molecule has 1 atom stereocenters. The third-order valence-corrected chi connectivity index (χ3v) is 3.56. The van der Waals surface area contributed by atoms with E-state index in [1.165, 1.54) is 0 Å². The van der Waals surface area contributed by atoms with Crippen LogP contribution >= 0.6 is 0 Å². The first kappa shape index (κ1) is 16.7. The summed E-state index contributed by atoms with van der Waals surface area (Å²) in [5, 5.41) is 17.6. The number of amides is 1. The summed E-state index contributed by atoms with van der Waals surface area (Å²) in [4.78, 5) is 11.3. The van der Waals surface area contributed by atoms with Crippen LogP contribution in [0, 0.1) is 13.8 Å². The first-order valence-corrected chi connectivity index (χ1v) is 7.01. The van der Waals surface area contributed by atoms with E-state index in [9.17, 15) is 4.79 Å². The van der Waals surface area contributed by atoms with Crippen LogP contribution in [0.1, 0.15) is 53.7 Å². The maximum absolute atomic E-state index is 11.3. The molecule has 1 rings (SSSR count). The fourth-order valence-corrected chi connectivity index (χ4v) is 2.47. The van der Waals surface area contributed by atoms with Gasteiger partial charge in [-0.1, -0.05) is 12.8 Å². The van der Waals surface area contributed by atoms with Crippen molar-refractivity contribution in [2.24, 2.45) is 5.73 Å². The molecule has 5 N–H and O–H groups in total. The summed E-state index contributed by atoms with van der Waals surface area (Å²) in [7, 11) is 0. The number of unbranched alkanes of at least 4 members (excludes halogenated alkanes) is 3. The van der Waals surface area contributed by atoms with Gasteiger partial charge in [0.2, 0.25) is 0 Å². The lowest BCUT2D eigenvalue weighted by atomic mass is 10.1. The number of aliphatic hydroxyl groups excluding tert-OH is 1. The minimum atomic E-state index is -0.831. The predicted octanol–water partition coefficient (Wildman–Crippen LogP) is 1.45. The van der Waals surface area contributed by atoms with Crippen LogP contribution < -0.4 is 11.2 Å². The fraction of sp³-hybridized carbons (Fsp3) is 0.643. The standard InChI is InChI=1S/C14H25N3O3/c1-10-9-17(11(2)13(10)14(15)19)8-6-4-3-5-7-12(18)16-20/h9,12,16,18,20H,3-8H2,1-2H3,(H2,15,19). The molecule has 0 bridgehead atoms. The van der Waals surface area contributed by atoms with Gasteiger partial charge in [-0.05, 0) is 38.7 Å². The second-order valence-electron chi connectivity index (χ2n) is 5.18. The first-order valence-electron chi connectivity index (χ1n) is 7.01. The molecule has 114 valence electrons. The summed E-state index contributed by atoms with van der Waals surface area (Å²) in [5.74, 6) is -0.371.